The van der Waals surface area contributed by atoms with Crippen molar-refractivity contribution in [2.75, 3.05) is 13.1 Å². The van der Waals surface area contributed by atoms with Gasteiger partial charge in [-0.1, -0.05) is 44.2 Å². The highest BCUT2D eigenvalue weighted by Crippen LogP contribution is 2.24. The lowest BCUT2D eigenvalue weighted by Crippen LogP contribution is -2.87. The monoisotopic (exact) mass is 388 g/mol. The number of carbonyl (C=O) groups excluding carboxylic acids is 2. The molecule has 0 fully saturated rings. The molecule has 0 radical (unpaired) electrons. The molecule has 0 aliphatic heterocycles. The number of hydrogen-bond donors (Lipinski definition) is 3. The summed E-state index contributed by atoms with van der Waals surface area (Å²) in [6.07, 6.45) is 0. The predicted molar refractivity (Wildman–Crippen MR) is 110 cm³/mol. The third kappa shape index (κ3) is 6.81. The van der Waals surface area contributed by atoms with Crippen molar-refractivity contribution in [1.82, 2.24) is 10.6 Å². The van der Waals surface area contributed by atoms with Crippen molar-refractivity contribution >= 4 is 23.2 Å². The van der Waals surface area contributed by atoms with E-state index in [0.717, 1.165) is 0 Å². The maximum Gasteiger partial charge on any atom is 0.275 e. The van der Waals surface area contributed by atoms with Gasteiger partial charge in [0.15, 0.2) is 6.54 Å². The lowest BCUT2D eigenvalue weighted by atomic mass is 9.98. The molecule has 1 aromatic carbocycles. The van der Waals surface area contributed by atoms with Crippen LogP contribution >= 0.6 is 11.3 Å². The summed E-state index contributed by atoms with van der Waals surface area (Å²) < 4.78 is 0. The highest BCUT2D eigenvalue weighted by atomic mass is 32.1. The highest BCUT2D eigenvalue weighted by molar-refractivity contribution is 7.10. The molecule has 5 nitrogen and oxygen atoms in total. The summed E-state index contributed by atoms with van der Waals surface area (Å²) in [7, 11) is 0. The van der Waals surface area contributed by atoms with Crippen molar-refractivity contribution in [3.63, 3.8) is 0 Å². The summed E-state index contributed by atoms with van der Waals surface area (Å²) >= 11 is 1.69. The zero-order chi connectivity index (χ0) is 19.8. The molecule has 0 bridgehead atoms. The van der Waals surface area contributed by atoms with Crippen LogP contribution in [0.1, 0.15) is 55.7 Å². The minimum atomic E-state index is -0.169. The van der Waals surface area contributed by atoms with Gasteiger partial charge in [0.1, 0.15) is 6.04 Å². The van der Waals surface area contributed by atoms with Crippen LogP contribution < -0.4 is 16.0 Å². The lowest BCUT2D eigenvalue weighted by molar-refractivity contribution is -0.676. The first-order valence-corrected chi connectivity index (χ1v) is 10.3. The van der Waals surface area contributed by atoms with Crippen LogP contribution in [0, 0.1) is 0 Å². The van der Waals surface area contributed by atoms with Crippen molar-refractivity contribution in [2.24, 2.45) is 0 Å². The number of hydrogen-bond acceptors (Lipinski definition) is 3. The Morgan fingerprint density at radius 2 is 1.67 bits per heavy atom. The highest BCUT2D eigenvalue weighted by Gasteiger charge is 2.20. The first-order chi connectivity index (χ1) is 12.9. The van der Waals surface area contributed by atoms with Crippen molar-refractivity contribution < 1.29 is 14.9 Å². The quantitative estimate of drug-likeness (QED) is 0.616. The van der Waals surface area contributed by atoms with Crippen molar-refractivity contribution in [3.05, 3.63) is 57.8 Å². The minimum absolute atomic E-state index is 0.0115. The Morgan fingerprint density at radius 1 is 1.00 bits per heavy atom. The second-order valence-corrected chi connectivity index (χ2v) is 8.23. The standard InChI is InChI=1S/C21H29N3O2S/c1-14(2)16-7-9-17(10-8-16)21(18-6-5-11-27-18)23-12-19(25)22-13-20(26)24-15(3)4/h5-11,14-15,21,23H,12-13H2,1-4H3,(H,22,25)(H,24,26)/p+1/t21-/m1/s1. The largest absolute Gasteiger partial charge is 0.352 e. The van der Waals surface area contributed by atoms with Gasteiger partial charge in [-0.25, -0.2) is 0 Å². The van der Waals surface area contributed by atoms with Crippen molar-refractivity contribution in [2.45, 2.75) is 45.7 Å². The summed E-state index contributed by atoms with van der Waals surface area (Å²) in [5.74, 6) is 0.178. The van der Waals surface area contributed by atoms with Crippen LogP contribution in [0.3, 0.4) is 0 Å². The fourth-order valence-corrected chi connectivity index (χ4v) is 3.67. The molecule has 4 N–H and O–H groups in total. The Kier molecular flexibility index (Phi) is 8.00. The number of amides is 2. The van der Waals surface area contributed by atoms with Gasteiger partial charge in [-0.3, -0.25) is 9.59 Å². The number of quaternary nitrogens is 1. The average molecular weight is 389 g/mol. The first-order valence-electron chi connectivity index (χ1n) is 9.39. The summed E-state index contributed by atoms with van der Waals surface area (Å²) in [6.45, 7) is 8.42. The van der Waals surface area contributed by atoms with E-state index in [0.29, 0.717) is 5.92 Å². The Hall–Kier alpha value is -2.18. The van der Waals surface area contributed by atoms with Crippen LogP contribution in [0.25, 0.3) is 0 Å². The summed E-state index contributed by atoms with van der Waals surface area (Å²) in [5, 5.41) is 9.52. The van der Waals surface area contributed by atoms with Crippen molar-refractivity contribution in [3.8, 4) is 0 Å². The molecule has 0 aliphatic carbocycles. The maximum absolute atomic E-state index is 12.2. The van der Waals surface area contributed by atoms with Crippen LogP contribution in [0.5, 0.6) is 0 Å². The van der Waals surface area contributed by atoms with Gasteiger partial charge < -0.3 is 16.0 Å². The van der Waals surface area contributed by atoms with Crippen LogP contribution in [0.2, 0.25) is 0 Å². The average Bonchev–Trinajstić information content (AvgIpc) is 3.14. The van der Waals surface area contributed by atoms with Gasteiger partial charge >= 0.3 is 0 Å². The molecule has 6 heteroatoms. The van der Waals surface area contributed by atoms with Crippen LogP contribution in [-0.4, -0.2) is 30.9 Å². The second kappa shape index (κ2) is 10.2. The topological polar surface area (TPSA) is 74.8 Å². The zero-order valence-electron chi connectivity index (χ0n) is 16.5. The molecule has 0 saturated heterocycles. The van der Waals surface area contributed by atoms with Gasteiger partial charge in [0, 0.05) is 11.6 Å². The molecule has 1 aromatic heterocycles. The molecule has 27 heavy (non-hydrogen) atoms. The van der Waals surface area contributed by atoms with Gasteiger partial charge in [0.2, 0.25) is 5.91 Å². The van der Waals surface area contributed by atoms with E-state index in [-0.39, 0.29) is 37.0 Å². The summed E-state index contributed by atoms with van der Waals surface area (Å²) in [6, 6.07) is 12.9. The Morgan fingerprint density at radius 3 is 2.22 bits per heavy atom. The Balaban J connectivity index is 1.97. The molecule has 0 unspecified atom stereocenters. The normalized spacial score (nSPS) is 12.2. The second-order valence-electron chi connectivity index (χ2n) is 7.25. The number of carbonyl (C=O) groups is 2. The molecule has 0 aliphatic rings. The van der Waals surface area contributed by atoms with E-state index in [1.807, 2.05) is 25.2 Å². The molecule has 2 rings (SSSR count). The molecule has 1 atom stereocenters. The van der Waals surface area contributed by atoms with E-state index in [9.17, 15) is 9.59 Å². The molecule has 0 spiro atoms. The molecule has 2 aromatic rings. The van der Waals surface area contributed by atoms with Gasteiger partial charge in [-0.2, -0.15) is 0 Å². The number of benzene rings is 1. The number of nitrogens with two attached hydrogens (primary N) is 1. The minimum Gasteiger partial charge on any atom is -0.352 e. The number of thiophene rings is 1. The van der Waals surface area contributed by atoms with Crippen LogP contribution in [0.15, 0.2) is 41.8 Å². The molecular formula is C21H30N3O2S+. The van der Waals surface area contributed by atoms with E-state index in [1.54, 1.807) is 11.3 Å². The Labute approximate surface area is 165 Å². The third-order valence-electron chi connectivity index (χ3n) is 4.25. The van der Waals surface area contributed by atoms with Crippen LogP contribution in [-0.2, 0) is 9.59 Å². The number of nitrogens with one attached hydrogen (secondary N) is 2. The molecule has 146 valence electrons. The molecular weight excluding hydrogens is 358 g/mol. The molecule has 0 saturated carbocycles. The SMILES string of the molecule is CC(C)NC(=O)CNC(=O)C[NH2+][C@H](c1ccc(C(C)C)cc1)c1cccs1. The van der Waals surface area contributed by atoms with Gasteiger partial charge in [0.25, 0.3) is 5.91 Å². The molecule has 1 heterocycles. The molecule has 2 amide bonds. The van der Waals surface area contributed by atoms with E-state index in [1.165, 1.54) is 16.0 Å². The van der Waals surface area contributed by atoms with Gasteiger partial charge in [0.05, 0.1) is 11.4 Å². The number of rotatable bonds is 9. The Bertz CT molecular complexity index is 724. The van der Waals surface area contributed by atoms with E-state index in [4.69, 9.17) is 0 Å². The van der Waals surface area contributed by atoms with Crippen LogP contribution in [0.4, 0.5) is 0 Å². The van der Waals surface area contributed by atoms with E-state index in [2.05, 4.69) is 60.2 Å². The third-order valence-corrected chi connectivity index (χ3v) is 5.20. The lowest BCUT2D eigenvalue weighted by Gasteiger charge is -2.16. The fourth-order valence-electron chi connectivity index (χ4n) is 2.82. The first kappa shape index (κ1) is 21.1. The maximum atomic E-state index is 12.2. The summed E-state index contributed by atoms with van der Waals surface area (Å²) in [5.41, 5.74) is 2.48. The smallest absolute Gasteiger partial charge is 0.275 e. The van der Waals surface area contributed by atoms with Gasteiger partial charge in [-0.05, 0) is 36.8 Å². The van der Waals surface area contributed by atoms with E-state index >= 15 is 0 Å². The fraction of sp³-hybridized carbons (Fsp3) is 0.429. The summed E-state index contributed by atoms with van der Waals surface area (Å²) in [4.78, 5) is 25.0. The van der Waals surface area contributed by atoms with E-state index < -0.39 is 0 Å². The van der Waals surface area contributed by atoms with Crippen molar-refractivity contribution in [1.29, 1.82) is 0 Å². The van der Waals surface area contributed by atoms with Gasteiger partial charge in [-0.15, -0.1) is 11.3 Å². The zero-order valence-corrected chi connectivity index (χ0v) is 17.3. The predicted octanol–water partition coefficient (Wildman–Crippen LogP) is 2.17.